The van der Waals surface area contributed by atoms with Crippen molar-refractivity contribution in [1.29, 1.82) is 0 Å². The van der Waals surface area contributed by atoms with Gasteiger partial charge in [0.25, 0.3) is 10.1 Å². The van der Waals surface area contributed by atoms with Crippen LogP contribution in [0, 0.1) is 0 Å². The molecule has 0 saturated carbocycles. The normalized spacial score (nSPS) is 11.5. The van der Waals surface area contributed by atoms with Gasteiger partial charge in [-0.25, -0.2) is 0 Å². The molecule has 6 heteroatoms. The fourth-order valence-corrected chi connectivity index (χ4v) is 3.45. The number of aryl methyl sites for hydroxylation is 1. The van der Waals surface area contributed by atoms with E-state index in [1.807, 2.05) is 24.3 Å². The van der Waals surface area contributed by atoms with Crippen LogP contribution in [0.15, 0.2) is 47.4 Å². The third kappa shape index (κ3) is 6.88. The number of aromatic hydroxyl groups is 1. The molecule has 0 atom stereocenters. The van der Waals surface area contributed by atoms with Crippen molar-refractivity contribution in [2.24, 2.45) is 0 Å². The minimum Gasteiger partial charge on any atom is -0.504 e. The van der Waals surface area contributed by atoms with E-state index in [1.54, 1.807) is 0 Å². The van der Waals surface area contributed by atoms with Crippen LogP contribution >= 0.6 is 0 Å². The van der Waals surface area contributed by atoms with Crippen molar-refractivity contribution in [3.05, 3.63) is 48.0 Å². The van der Waals surface area contributed by atoms with Crippen molar-refractivity contribution in [2.75, 3.05) is 0 Å². The van der Waals surface area contributed by atoms with E-state index in [1.165, 1.54) is 50.7 Å². The van der Waals surface area contributed by atoms with Gasteiger partial charge in [-0.15, -0.1) is 0 Å². The molecule has 0 aliphatic heterocycles. The molecule has 0 spiro atoms. The van der Waals surface area contributed by atoms with Crippen LogP contribution in [0.4, 0.5) is 0 Å². The van der Waals surface area contributed by atoms with Crippen molar-refractivity contribution in [2.45, 2.75) is 63.2 Å². The fourth-order valence-electron chi connectivity index (χ4n) is 2.94. The van der Waals surface area contributed by atoms with E-state index < -0.39 is 10.1 Å². The summed E-state index contributed by atoms with van der Waals surface area (Å²) >= 11 is 0. The lowest BCUT2D eigenvalue weighted by molar-refractivity contribution is 0.406. The average Bonchev–Trinajstić information content (AvgIpc) is 2.63. The number of phenolic OH excluding ortho intramolecular Hbond substituents is 1. The molecule has 0 amide bonds. The number of hydrogen-bond donors (Lipinski definition) is 2. The van der Waals surface area contributed by atoms with E-state index in [0.717, 1.165) is 24.5 Å². The second-order valence-electron chi connectivity index (χ2n) is 6.69. The highest BCUT2D eigenvalue weighted by atomic mass is 32.2. The number of benzene rings is 2. The van der Waals surface area contributed by atoms with Crippen molar-refractivity contribution in [3.63, 3.8) is 0 Å². The number of ether oxygens (including phenoxy) is 1. The first kappa shape index (κ1) is 21.3. The summed E-state index contributed by atoms with van der Waals surface area (Å²) in [5, 5.41) is 10.0. The molecule has 0 fully saturated rings. The minimum absolute atomic E-state index is 0.148. The summed E-state index contributed by atoms with van der Waals surface area (Å²) in [7, 11) is -4.36. The van der Waals surface area contributed by atoms with Gasteiger partial charge in [0.2, 0.25) is 0 Å². The molecule has 0 radical (unpaired) electrons. The van der Waals surface area contributed by atoms with Gasteiger partial charge in [0, 0.05) is 6.07 Å². The number of unbranched alkanes of at least 4 members (excludes halogenated alkanes) is 6. The minimum atomic E-state index is -4.36. The van der Waals surface area contributed by atoms with Gasteiger partial charge in [-0.3, -0.25) is 4.55 Å². The molecule has 2 aromatic rings. The third-order valence-electron chi connectivity index (χ3n) is 4.47. The van der Waals surface area contributed by atoms with Crippen LogP contribution < -0.4 is 4.74 Å². The predicted octanol–water partition coefficient (Wildman–Crippen LogP) is 5.72. The summed E-state index contributed by atoms with van der Waals surface area (Å²) in [4.78, 5) is -0.372. The summed E-state index contributed by atoms with van der Waals surface area (Å²) in [6.45, 7) is 2.21. The molecule has 2 N–H and O–H groups in total. The highest BCUT2D eigenvalue weighted by Crippen LogP contribution is 2.34. The largest absolute Gasteiger partial charge is 0.504 e. The van der Waals surface area contributed by atoms with Crippen LogP contribution in [0.2, 0.25) is 0 Å². The van der Waals surface area contributed by atoms with Gasteiger partial charge < -0.3 is 9.84 Å². The Hall–Kier alpha value is -2.05. The molecule has 0 aromatic heterocycles. The summed E-state index contributed by atoms with van der Waals surface area (Å²) in [5.41, 5.74) is 1.05. The van der Waals surface area contributed by atoms with Gasteiger partial charge >= 0.3 is 0 Å². The van der Waals surface area contributed by atoms with Gasteiger partial charge in [-0.1, -0.05) is 63.6 Å². The summed E-state index contributed by atoms with van der Waals surface area (Å²) in [5.74, 6) is 0.448. The fraction of sp³-hybridized carbons (Fsp3) is 0.429. The lowest BCUT2D eigenvalue weighted by Gasteiger charge is -2.12. The smallest absolute Gasteiger partial charge is 0.294 e. The SMILES string of the molecule is CCCCCCCCCc1ccccc1Oc1ccc(S(=O)(=O)O)cc1O. The molecule has 0 saturated heterocycles. The maximum Gasteiger partial charge on any atom is 0.294 e. The van der Waals surface area contributed by atoms with Crippen molar-refractivity contribution < 1.29 is 22.8 Å². The van der Waals surface area contributed by atoms with Crippen LogP contribution in [0.25, 0.3) is 0 Å². The van der Waals surface area contributed by atoms with Crippen LogP contribution in [0.1, 0.15) is 57.4 Å². The lowest BCUT2D eigenvalue weighted by Crippen LogP contribution is -1.98. The number of rotatable bonds is 11. The van der Waals surface area contributed by atoms with E-state index in [2.05, 4.69) is 6.92 Å². The first-order valence-electron chi connectivity index (χ1n) is 9.48. The van der Waals surface area contributed by atoms with Gasteiger partial charge in [0.1, 0.15) is 5.75 Å². The van der Waals surface area contributed by atoms with Gasteiger partial charge in [-0.2, -0.15) is 8.42 Å². The first-order chi connectivity index (χ1) is 12.9. The number of para-hydroxylation sites is 1. The number of phenols is 1. The molecule has 0 aliphatic carbocycles. The second-order valence-corrected chi connectivity index (χ2v) is 8.11. The molecule has 2 aromatic carbocycles. The maximum atomic E-state index is 11.1. The Bertz CT molecular complexity index is 830. The predicted molar refractivity (Wildman–Crippen MR) is 106 cm³/mol. The molecule has 0 unspecified atom stereocenters. The van der Waals surface area contributed by atoms with Gasteiger partial charge in [-0.05, 0) is 36.6 Å². The molecule has 5 nitrogen and oxygen atoms in total. The molecule has 27 heavy (non-hydrogen) atoms. The molecule has 0 aliphatic rings. The van der Waals surface area contributed by atoms with E-state index in [4.69, 9.17) is 9.29 Å². The second kappa shape index (κ2) is 10.3. The quantitative estimate of drug-likeness (QED) is 0.377. The monoisotopic (exact) mass is 392 g/mol. The number of hydrogen-bond acceptors (Lipinski definition) is 4. The van der Waals surface area contributed by atoms with Crippen LogP contribution in [0.3, 0.4) is 0 Å². The highest BCUT2D eigenvalue weighted by molar-refractivity contribution is 7.85. The van der Waals surface area contributed by atoms with Crippen molar-refractivity contribution >= 4 is 10.1 Å². The van der Waals surface area contributed by atoms with Crippen LogP contribution in [0.5, 0.6) is 17.2 Å². The first-order valence-corrected chi connectivity index (χ1v) is 10.9. The van der Waals surface area contributed by atoms with E-state index >= 15 is 0 Å². The molecule has 0 bridgehead atoms. The van der Waals surface area contributed by atoms with E-state index in [-0.39, 0.29) is 16.4 Å². The van der Waals surface area contributed by atoms with Gasteiger partial charge in [0.15, 0.2) is 11.5 Å². The molecular weight excluding hydrogens is 364 g/mol. The summed E-state index contributed by atoms with van der Waals surface area (Å²) in [6, 6.07) is 11.1. The summed E-state index contributed by atoms with van der Waals surface area (Å²) in [6.07, 6.45) is 9.50. The molecular formula is C21H28O5S. The topological polar surface area (TPSA) is 83.8 Å². The average molecular weight is 393 g/mol. The standard InChI is InChI=1S/C21H28O5S/c1-2-3-4-5-6-7-8-11-17-12-9-10-13-20(17)26-21-15-14-18(16-19(21)22)27(23,24)25/h9-10,12-16,22H,2-8,11H2,1H3,(H,23,24,25). The molecule has 148 valence electrons. The Morgan fingerprint density at radius 2 is 1.56 bits per heavy atom. The highest BCUT2D eigenvalue weighted by Gasteiger charge is 2.14. The maximum absolute atomic E-state index is 11.1. The van der Waals surface area contributed by atoms with Crippen molar-refractivity contribution in [1.82, 2.24) is 0 Å². The Labute approximate surface area is 161 Å². The lowest BCUT2D eigenvalue weighted by atomic mass is 10.0. The zero-order chi connectivity index (χ0) is 19.7. The molecule has 2 rings (SSSR count). The van der Waals surface area contributed by atoms with Crippen molar-refractivity contribution in [3.8, 4) is 17.2 Å². The van der Waals surface area contributed by atoms with E-state index in [0.29, 0.717) is 5.75 Å². The Morgan fingerprint density at radius 3 is 2.22 bits per heavy atom. The zero-order valence-electron chi connectivity index (χ0n) is 15.7. The molecule has 0 heterocycles. The van der Waals surface area contributed by atoms with E-state index in [9.17, 15) is 13.5 Å². The van der Waals surface area contributed by atoms with Crippen LogP contribution in [-0.2, 0) is 16.5 Å². The summed E-state index contributed by atoms with van der Waals surface area (Å²) < 4.78 is 37.1. The Kier molecular flexibility index (Phi) is 8.13. The Morgan fingerprint density at radius 1 is 0.889 bits per heavy atom. The Balaban J connectivity index is 1.97. The van der Waals surface area contributed by atoms with Crippen LogP contribution in [-0.4, -0.2) is 18.1 Å². The van der Waals surface area contributed by atoms with Gasteiger partial charge in [0.05, 0.1) is 4.90 Å². The third-order valence-corrected chi connectivity index (χ3v) is 5.32. The zero-order valence-corrected chi connectivity index (χ0v) is 16.5.